The first-order valence-corrected chi connectivity index (χ1v) is 10.6. The van der Waals surface area contributed by atoms with Crippen molar-refractivity contribution in [2.24, 2.45) is 0 Å². The third-order valence-corrected chi connectivity index (χ3v) is 6.20. The SMILES string of the molecule is CN(CC1CCCO1)c1ccc(C(=O)N2CCC(N3CCOCC3)CC2)cn1. The number of nitrogens with zero attached hydrogens (tertiary/aromatic N) is 4. The molecule has 7 nitrogen and oxygen atoms in total. The Kier molecular flexibility index (Phi) is 6.44. The van der Waals surface area contributed by atoms with Gasteiger partial charge in [-0.2, -0.15) is 0 Å². The highest BCUT2D eigenvalue weighted by Crippen LogP contribution is 2.21. The maximum absolute atomic E-state index is 12.9. The van der Waals surface area contributed by atoms with Crippen molar-refractivity contribution in [1.29, 1.82) is 0 Å². The highest BCUT2D eigenvalue weighted by molar-refractivity contribution is 5.94. The van der Waals surface area contributed by atoms with Crippen molar-refractivity contribution in [1.82, 2.24) is 14.8 Å². The molecule has 3 saturated heterocycles. The number of hydrogen-bond donors (Lipinski definition) is 0. The molecule has 28 heavy (non-hydrogen) atoms. The van der Waals surface area contributed by atoms with Crippen molar-refractivity contribution in [3.63, 3.8) is 0 Å². The molecule has 3 aliphatic heterocycles. The van der Waals surface area contributed by atoms with Gasteiger partial charge in [-0.25, -0.2) is 4.98 Å². The Labute approximate surface area is 167 Å². The Morgan fingerprint density at radius 1 is 1.14 bits per heavy atom. The van der Waals surface area contributed by atoms with Crippen LogP contribution in [0, 0.1) is 0 Å². The maximum atomic E-state index is 12.9. The van der Waals surface area contributed by atoms with Crippen LogP contribution in [0.1, 0.15) is 36.0 Å². The zero-order valence-corrected chi connectivity index (χ0v) is 16.9. The van der Waals surface area contributed by atoms with Crippen LogP contribution in [0.15, 0.2) is 18.3 Å². The lowest BCUT2D eigenvalue weighted by atomic mass is 10.0. The molecule has 1 aromatic rings. The van der Waals surface area contributed by atoms with Crippen LogP contribution in [-0.2, 0) is 9.47 Å². The summed E-state index contributed by atoms with van der Waals surface area (Å²) in [7, 11) is 2.03. The Morgan fingerprint density at radius 2 is 1.93 bits per heavy atom. The van der Waals surface area contributed by atoms with Crippen molar-refractivity contribution < 1.29 is 14.3 Å². The van der Waals surface area contributed by atoms with Gasteiger partial charge in [-0.05, 0) is 37.8 Å². The van der Waals surface area contributed by atoms with E-state index in [1.54, 1.807) is 6.20 Å². The zero-order valence-electron chi connectivity index (χ0n) is 16.9. The van der Waals surface area contributed by atoms with E-state index in [0.717, 1.165) is 84.0 Å². The lowest BCUT2D eigenvalue weighted by molar-refractivity contribution is 0.00158. The predicted molar refractivity (Wildman–Crippen MR) is 108 cm³/mol. The third-order valence-electron chi connectivity index (χ3n) is 6.20. The summed E-state index contributed by atoms with van der Waals surface area (Å²) in [6, 6.07) is 4.44. The summed E-state index contributed by atoms with van der Waals surface area (Å²) in [5, 5.41) is 0. The average Bonchev–Trinajstić information content (AvgIpc) is 3.27. The molecule has 7 heteroatoms. The molecule has 3 aliphatic rings. The number of hydrogen-bond acceptors (Lipinski definition) is 6. The van der Waals surface area contributed by atoms with Crippen molar-refractivity contribution in [3.05, 3.63) is 23.9 Å². The fourth-order valence-corrected chi connectivity index (χ4v) is 4.48. The van der Waals surface area contributed by atoms with Crippen molar-refractivity contribution in [2.45, 2.75) is 37.8 Å². The lowest BCUT2D eigenvalue weighted by Crippen LogP contribution is -2.50. The van der Waals surface area contributed by atoms with E-state index in [9.17, 15) is 4.79 Å². The summed E-state index contributed by atoms with van der Waals surface area (Å²) in [6.07, 6.45) is 6.35. The van der Waals surface area contributed by atoms with E-state index < -0.39 is 0 Å². The second kappa shape index (κ2) is 9.20. The molecule has 0 spiro atoms. The number of carbonyl (C=O) groups is 1. The normalized spacial score (nSPS) is 24.5. The molecule has 4 heterocycles. The fraction of sp³-hybridized carbons (Fsp3) is 0.714. The van der Waals surface area contributed by atoms with Gasteiger partial charge in [-0.3, -0.25) is 9.69 Å². The Balaban J connectivity index is 1.28. The quantitative estimate of drug-likeness (QED) is 0.764. The van der Waals surface area contributed by atoms with Crippen LogP contribution in [0.25, 0.3) is 0 Å². The van der Waals surface area contributed by atoms with Crippen LogP contribution in [0.2, 0.25) is 0 Å². The largest absolute Gasteiger partial charge is 0.379 e. The molecule has 1 amide bonds. The summed E-state index contributed by atoms with van der Waals surface area (Å²) in [5.74, 6) is 0.985. The van der Waals surface area contributed by atoms with Crippen LogP contribution >= 0.6 is 0 Å². The second-order valence-electron chi connectivity index (χ2n) is 8.09. The number of piperidine rings is 1. The van der Waals surface area contributed by atoms with Crippen LogP contribution < -0.4 is 4.90 Å². The molecule has 0 bridgehead atoms. The number of morpholine rings is 1. The molecule has 1 atom stereocenters. The van der Waals surface area contributed by atoms with Crippen molar-refractivity contribution in [3.8, 4) is 0 Å². The smallest absolute Gasteiger partial charge is 0.255 e. The van der Waals surface area contributed by atoms with Crippen LogP contribution in [0.5, 0.6) is 0 Å². The number of pyridine rings is 1. The molecule has 0 aromatic carbocycles. The van der Waals surface area contributed by atoms with E-state index in [1.807, 2.05) is 24.1 Å². The van der Waals surface area contributed by atoms with Gasteiger partial charge < -0.3 is 19.3 Å². The number of carbonyl (C=O) groups excluding carboxylic acids is 1. The summed E-state index contributed by atoms with van der Waals surface area (Å²) in [4.78, 5) is 24.0. The number of ether oxygens (including phenoxy) is 2. The Morgan fingerprint density at radius 3 is 2.57 bits per heavy atom. The van der Waals surface area contributed by atoms with E-state index >= 15 is 0 Å². The Bertz CT molecular complexity index is 634. The van der Waals surface area contributed by atoms with E-state index in [-0.39, 0.29) is 5.91 Å². The van der Waals surface area contributed by atoms with Crippen LogP contribution in [0.4, 0.5) is 5.82 Å². The first-order chi connectivity index (χ1) is 13.7. The first kappa shape index (κ1) is 19.6. The number of rotatable bonds is 5. The molecule has 4 rings (SSSR count). The lowest BCUT2D eigenvalue weighted by Gasteiger charge is -2.40. The molecule has 3 fully saturated rings. The van der Waals surface area contributed by atoms with Gasteiger partial charge in [0.2, 0.25) is 0 Å². The van der Waals surface area contributed by atoms with Gasteiger partial charge in [0.05, 0.1) is 24.9 Å². The number of likely N-dealkylation sites (tertiary alicyclic amines) is 1. The second-order valence-corrected chi connectivity index (χ2v) is 8.09. The molecule has 0 aliphatic carbocycles. The van der Waals surface area contributed by atoms with E-state index in [4.69, 9.17) is 9.47 Å². The van der Waals surface area contributed by atoms with Gasteiger partial charge >= 0.3 is 0 Å². The fourth-order valence-electron chi connectivity index (χ4n) is 4.48. The van der Waals surface area contributed by atoms with Gasteiger partial charge in [0.1, 0.15) is 5.82 Å². The number of likely N-dealkylation sites (N-methyl/N-ethyl adjacent to an activating group) is 1. The highest BCUT2D eigenvalue weighted by Gasteiger charge is 2.28. The summed E-state index contributed by atoms with van der Waals surface area (Å²) in [5.41, 5.74) is 0.680. The Hall–Kier alpha value is -1.70. The van der Waals surface area contributed by atoms with Gasteiger partial charge in [0.15, 0.2) is 0 Å². The molecule has 1 unspecified atom stereocenters. The highest BCUT2D eigenvalue weighted by atomic mass is 16.5. The van der Waals surface area contributed by atoms with E-state index in [0.29, 0.717) is 17.7 Å². The van der Waals surface area contributed by atoms with Gasteiger partial charge in [-0.15, -0.1) is 0 Å². The summed E-state index contributed by atoms with van der Waals surface area (Å²) >= 11 is 0. The molecule has 0 radical (unpaired) electrons. The molecule has 0 N–H and O–H groups in total. The van der Waals surface area contributed by atoms with Crippen LogP contribution in [0.3, 0.4) is 0 Å². The van der Waals surface area contributed by atoms with Crippen molar-refractivity contribution >= 4 is 11.7 Å². The molecule has 154 valence electrons. The minimum Gasteiger partial charge on any atom is -0.379 e. The minimum absolute atomic E-state index is 0.0984. The number of amides is 1. The first-order valence-electron chi connectivity index (χ1n) is 10.6. The predicted octanol–water partition coefficient (Wildman–Crippen LogP) is 1.63. The minimum atomic E-state index is 0.0984. The van der Waals surface area contributed by atoms with Crippen LogP contribution in [-0.4, -0.2) is 92.4 Å². The topological polar surface area (TPSA) is 58.1 Å². The molecule has 1 aromatic heterocycles. The van der Waals surface area contributed by atoms with Crippen molar-refractivity contribution in [2.75, 3.05) is 64.5 Å². The molecule has 0 saturated carbocycles. The van der Waals surface area contributed by atoms with E-state index in [2.05, 4.69) is 14.8 Å². The maximum Gasteiger partial charge on any atom is 0.255 e. The monoisotopic (exact) mass is 388 g/mol. The molecular weight excluding hydrogens is 356 g/mol. The third kappa shape index (κ3) is 4.64. The van der Waals surface area contributed by atoms with E-state index in [1.165, 1.54) is 0 Å². The number of anilines is 1. The van der Waals surface area contributed by atoms with Gasteiger partial charge in [-0.1, -0.05) is 0 Å². The van der Waals surface area contributed by atoms with Gasteiger partial charge in [0.25, 0.3) is 5.91 Å². The summed E-state index contributed by atoms with van der Waals surface area (Å²) < 4.78 is 11.1. The summed E-state index contributed by atoms with van der Waals surface area (Å²) in [6.45, 7) is 7.05. The average molecular weight is 389 g/mol. The zero-order chi connectivity index (χ0) is 19.3. The van der Waals surface area contributed by atoms with Gasteiger partial charge in [0, 0.05) is 58.6 Å². The molecular formula is C21H32N4O3. The standard InChI is InChI=1S/C21H32N4O3/c1-23(16-19-3-2-12-28-19)20-5-4-17(15-22-20)21(26)25-8-6-18(7-9-25)24-10-13-27-14-11-24/h4-5,15,18-19H,2-3,6-14,16H2,1H3. The number of aromatic nitrogens is 1.